The highest BCUT2D eigenvalue weighted by atomic mass is 35.5. The van der Waals surface area contributed by atoms with Gasteiger partial charge in [-0.05, 0) is 12.1 Å². The fourth-order valence-electron chi connectivity index (χ4n) is 1.47. The van der Waals surface area contributed by atoms with Gasteiger partial charge in [-0.1, -0.05) is 11.6 Å². The lowest BCUT2D eigenvalue weighted by molar-refractivity contribution is -0.162. The molecular weight excluding hydrogens is 343 g/mol. The Bertz CT molecular complexity index is 568. The number of carbonyl (C=O) groups excluding carboxylic acids is 1. The van der Waals surface area contributed by atoms with E-state index in [1.165, 1.54) is 0 Å². The van der Waals surface area contributed by atoms with Crippen LogP contribution < -0.4 is 0 Å². The van der Waals surface area contributed by atoms with E-state index >= 15 is 0 Å². The molecule has 0 aromatic heterocycles. The van der Waals surface area contributed by atoms with Gasteiger partial charge in [0.15, 0.2) is 0 Å². The fraction of sp³-hybridized carbons (Fsp3) is 0.300. The standard InChI is InChI=1S/C10H2ClF9O/c11-3-1-4(7(21)10(18,19)20)6(9(15,16)17)5(2-3)8(12,13)14/h1-2H. The SMILES string of the molecule is O=C(c1cc(Cl)cc(C(F)(F)F)c1C(F)(F)F)C(F)(F)F. The maximum atomic E-state index is 12.7. The second-order valence-electron chi connectivity index (χ2n) is 3.70. The Balaban J connectivity index is 3.81. The minimum atomic E-state index is -5.83. The quantitative estimate of drug-likeness (QED) is 0.510. The van der Waals surface area contributed by atoms with E-state index in [1.807, 2.05) is 0 Å². The van der Waals surface area contributed by atoms with E-state index in [2.05, 4.69) is 0 Å². The molecule has 21 heavy (non-hydrogen) atoms. The summed E-state index contributed by atoms with van der Waals surface area (Å²) in [4.78, 5) is 10.9. The predicted molar refractivity (Wildman–Crippen MR) is 51.8 cm³/mol. The molecule has 0 N–H and O–H groups in total. The minimum Gasteiger partial charge on any atom is -0.284 e. The largest absolute Gasteiger partial charge is 0.454 e. The molecule has 0 aliphatic heterocycles. The number of carbonyl (C=O) groups is 1. The Hall–Kier alpha value is -1.45. The molecule has 0 atom stereocenters. The average molecular weight is 345 g/mol. The number of Topliss-reactive ketones (excluding diaryl/α,β-unsaturated/α-hetero) is 1. The maximum absolute atomic E-state index is 12.7. The van der Waals surface area contributed by atoms with Crippen LogP contribution in [0.25, 0.3) is 0 Å². The monoisotopic (exact) mass is 344 g/mol. The number of benzene rings is 1. The third kappa shape index (κ3) is 3.80. The Morgan fingerprint density at radius 3 is 1.67 bits per heavy atom. The van der Waals surface area contributed by atoms with Gasteiger partial charge >= 0.3 is 18.5 Å². The van der Waals surface area contributed by atoms with Crippen LogP contribution >= 0.6 is 11.6 Å². The predicted octanol–water partition coefficient (Wildman–Crippen LogP) is 5.12. The molecule has 0 aliphatic carbocycles. The van der Waals surface area contributed by atoms with Crippen LogP contribution in [0, 0.1) is 0 Å². The zero-order chi connectivity index (χ0) is 16.8. The van der Waals surface area contributed by atoms with E-state index in [0.29, 0.717) is 0 Å². The molecule has 0 heterocycles. The average Bonchev–Trinajstić information content (AvgIpc) is 2.22. The van der Waals surface area contributed by atoms with Crippen LogP contribution in [0.4, 0.5) is 39.5 Å². The van der Waals surface area contributed by atoms with Gasteiger partial charge in [-0.2, -0.15) is 39.5 Å². The van der Waals surface area contributed by atoms with Crippen molar-refractivity contribution in [1.82, 2.24) is 0 Å². The molecule has 0 aliphatic rings. The lowest BCUT2D eigenvalue weighted by Gasteiger charge is -2.19. The third-order valence-electron chi connectivity index (χ3n) is 2.19. The molecule has 0 bridgehead atoms. The molecule has 1 rings (SSSR count). The summed E-state index contributed by atoms with van der Waals surface area (Å²) in [7, 11) is 0. The van der Waals surface area contributed by atoms with Crippen molar-refractivity contribution in [2.75, 3.05) is 0 Å². The molecule has 0 fully saturated rings. The van der Waals surface area contributed by atoms with Crippen LogP contribution in [0.5, 0.6) is 0 Å². The zero-order valence-corrected chi connectivity index (χ0v) is 10.1. The van der Waals surface area contributed by atoms with Gasteiger partial charge in [-0.3, -0.25) is 4.79 Å². The van der Waals surface area contributed by atoms with Crippen LogP contribution in [0.2, 0.25) is 5.02 Å². The highest BCUT2D eigenvalue weighted by Gasteiger charge is 2.50. The van der Waals surface area contributed by atoms with Crippen molar-refractivity contribution < 1.29 is 44.3 Å². The molecule has 11 heteroatoms. The van der Waals surface area contributed by atoms with E-state index in [1.54, 1.807) is 0 Å². The highest BCUT2D eigenvalue weighted by Crippen LogP contribution is 2.44. The van der Waals surface area contributed by atoms with Crippen LogP contribution in [0.3, 0.4) is 0 Å². The summed E-state index contributed by atoms with van der Waals surface area (Å²) in [6.45, 7) is 0. The third-order valence-corrected chi connectivity index (χ3v) is 2.41. The van der Waals surface area contributed by atoms with Crippen molar-refractivity contribution in [2.45, 2.75) is 18.5 Å². The molecule has 0 saturated heterocycles. The topological polar surface area (TPSA) is 17.1 Å². The van der Waals surface area contributed by atoms with Gasteiger partial charge in [-0.25, -0.2) is 0 Å². The number of halogens is 10. The van der Waals surface area contributed by atoms with E-state index in [4.69, 9.17) is 11.6 Å². The van der Waals surface area contributed by atoms with Crippen molar-refractivity contribution in [3.8, 4) is 0 Å². The molecule has 118 valence electrons. The number of hydrogen-bond donors (Lipinski definition) is 0. The number of ketones is 1. The molecule has 1 aromatic rings. The van der Waals surface area contributed by atoms with Crippen molar-refractivity contribution in [2.24, 2.45) is 0 Å². The Morgan fingerprint density at radius 1 is 0.857 bits per heavy atom. The summed E-state index contributed by atoms with van der Waals surface area (Å²) < 4.78 is 112. The van der Waals surface area contributed by atoms with E-state index in [0.717, 1.165) is 0 Å². The smallest absolute Gasteiger partial charge is 0.284 e. The Kier molecular flexibility index (Phi) is 4.25. The Morgan fingerprint density at radius 2 is 1.33 bits per heavy atom. The van der Waals surface area contributed by atoms with Gasteiger partial charge in [0.1, 0.15) is 0 Å². The van der Waals surface area contributed by atoms with Gasteiger partial charge in [0.05, 0.1) is 11.1 Å². The van der Waals surface area contributed by atoms with Gasteiger partial charge < -0.3 is 0 Å². The molecule has 0 radical (unpaired) electrons. The van der Waals surface area contributed by atoms with Crippen LogP contribution in [-0.2, 0) is 12.4 Å². The van der Waals surface area contributed by atoms with Crippen molar-refractivity contribution in [1.29, 1.82) is 0 Å². The van der Waals surface area contributed by atoms with E-state index in [9.17, 15) is 44.3 Å². The van der Waals surface area contributed by atoms with Gasteiger partial charge in [0, 0.05) is 10.6 Å². The first-order valence-corrected chi connectivity index (χ1v) is 5.13. The zero-order valence-electron chi connectivity index (χ0n) is 9.34. The van der Waals surface area contributed by atoms with Gasteiger partial charge in [-0.15, -0.1) is 0 Å². The van der Waals surface area contributed by atoms with Crippen molar-refractivity contribution in [3.05, 3.63) is 33.8 Å². The van der Waals surface area contributed by atoms with Crippen molar-refractivity contribution in [3.63, 3.8) is 0 Å². The van der Waals surface area contributed by atoms with Crippen LogP contribution in [0.1, 0.15) is 21.5 Å². The van der Waals surface area contributed by atoms with Crippen LogP contribution in [0.15, 0.2) is 12.1 Å². The van der Waals surface area contributed by atoms with E-state index in [-0.39, 0.29) is 12.1 Å². The first-order chi connectivity index (χ1) is 9.15. The summed E-state index contributed by atoms with van der Waals surface area (Å²) in [5.74, 6) is -3.07. The molecule has 1 nitrogen and oxygen atoms in total. The summed E-state index contributed by atoms with van der Waals surface area (Å²) in [5.41, 5.74) is -7.38. The second-order valence-corrected chi connectivity index (χ2v) is 4.13. The van der Waals surface area contributed by atoms with Gasteiger partial charge in [0.2, 0.25) is 0 Å². The molecule has 1 aromatic carbocycles. The van der Waals surface area contributed by atoms with Crippen molar-refractivity contribution >= 4 is 17.4 Å². The minimum absolute atomic E-state index is 0.102. The molecule has 0 spiro atoms. The molecule has 0 amide bonds. The first kappa shape index (κ1) is 17.6. The number of alkyl halides is 9. The molecule has 0 unspecified atom stereocenters. The summed E-state index contributed by atoms with van der Waals surface area (Å²) in [6.07, 6.45) is -17.3. The Labute approximate surface area is 115 Å². The lowest BCUT2D eigenvalue weighted by Crippen LogP contribution is -2.28. The highest BCUT2D eigenvalue weighted by molar-refractivity contribution is 6.31. The number of rotatable bonds is 1. The first-order valence-electron chi connectivity index (χ1n) is 4.75. The van der Waals surface area contributed by atoms with E-state index < -0.39 is 46.0 Å². The second kappa shape index (κ2) is 5.08. The maximum Gasteiger partial charge on any atom is 0.454 e. The summed E-state index contributed by atoms with van der Waals surface area (Å²) >= 11 is 5.09. The van der Waals surface area contributed by atoms with Gasteiger partial charge in [0.25, 0.3) is 5.78 Å². The fourth-order valence-corrected chi connectivity index (χ4v) is 1.69. The number of hydrogen-bond acceptors (Lipinski definition) is 1. The summed E-state index contributed by atoms with van der Waals surface area (Å²) in [5, 5.41) is -1.08. The molecule has 0 saturated carbocycles. The summed E-state index contributed by atoms with van der Waals surface area (Å²) in [6, 6.07) is -0.299. The normalized spacial score (nSPS) is 13.4. The lowest BCUT2D eigenvalue weighted by atomic mass is 9.96. The van der Waals surface area contributed by atoms with Crippen LogP contribution in [-0.4, -0.2) is 12.0 Å². The molecular formula is C10H2ClF9O.